The summed E-state index contributed by atoms with van der Waals surface area (Å²) in [6, 6.07) is 11.6. The van der Waals surface area contributed by atoms with Crippen molar-refractivity contribution in [2.45, 2.75) is 32.1 Å². The number of nitrogens with one attached hydrogen (secondary N) is 1. The number of amides is 1. The van der Waals surface area contributed by atoms with Gasteiger partial charge in [0.1, 0.15) is 11.7 Å². The number of benzene rings is 1. The lowest BCUT2D eigenvalue weighted by Crippen LogP contribution is -2.58. The van der Waals surface area contributed by atoms with Crippen LogP contribution in [0.3, 0.4) is 0 Å². The number of anilines is 1. The smallest absolute Gasteiger partial charge is 0.330 e. The highest BCUT2D eigenvalue weighted by Gasteiger charge is 2.66. The molecule has 0 saturated carbocycles. The Kier molecular flexibility index (Phi) is 4.91. The summed E-state index contributed by atoms with van der Waals surface area (Å²) >= 11 is 0. The summed E-state index contributed by atoms with van der Waals surface area (Å²) in [7, 11) is 0. The van der Waals surface area contributed by atoms with Crippen molar-refractivity contribution in [3.63, 3.8) is 0 Å². The van der Waals surface area contributed by atoms with Crippen molar-refractivity contribution in [1.82, 2.24) is 9.88 Å². The number of nitrogens with zero attached hydrogens (tertiary/aromatic N) is 3. The predicted molar refractivity (Wildman–Crippen MR) is 96.4 cm³/mol. The van der Waals surface area contributed by atoms with Gasteiger partial charge < -0.3 is 5.32 Å². The van der Waals surface area contributed by atoms with Crippen LogP contribution in [-0.4, -0.2) is 40.0 Å². The number of aromatic nitrogens is 1. The van der Waals surface area contributed by atoms with E-state index in [-0.39, 0.29) is 18.2 Å². The van der Waals surface area contributed by atoms with Gasteiger partial charge >= 0.3 is 11.8 Å². The maximum absolute atomic E-state index is 14.1. The predicted octanol–water partition coefficient (Wildman–Crippen LogP) is 3.76. The van der Waals surface area contributed by atoms with Gasteiger partial charge in [0, 0.05) is 18.3 Å². The van der Waals surface area contributed by atoms with E-state index in [4.69, 9.17) is 0 Å². The van der Waals surface area contributed by atoms with Crippen molar-refractivity contribution in [2.24, 2.45) is 4.99 Å². The zero-order valence-electron chi connectivity index (χ0n) is 14.9. The summed E-state index contributed by atoms with van der Waals surface area (Å²) in [5.41, 5.74) is -2.17. The summed E-state index contributed by atoms with van der Waals surface area (Å²) < 4.78 is 42.4. The lowest BCUT2D eigenvalue weighted by atomic mass is 10.1. The average Bonchev–Trinajstić information content (AvgIpc) is 2.92. The fraction of sp³-hybridized carbons (Fsp3) is 0.316. The molecule has 0 unspecified atom stereocenters. The molecule has 2 aromatic rings. The second-order valence-electron chi connectivity index (χ2n) is 6.26. The van der Waals surface area contributed by atoms with Crippen LogP contribution in [0.5, 0.6) is 0 Å². The van der Waals surface area contributed by atoms with E-state index in [0.29, 0.717) is 17.5 Å². The highest BCUT2D eigenvalue weighted by atomic mass is 19.4. The number of aliphatic imine (C=N–C) groups is 1. The summed E-state index contributed by atoms with van der Waals surface area (Å²) in [5, 5.41) is 2.29. The average molecular weight is 376 g/mol. The molecule has 0 radical (unpaired) electrons. The van der Waals surface area contributed by atoms with Gasteiger partial charge in [0.05, 0.1) is 0 Å². The Morgan fingerprint density at radius 2 is 1.85 bits per heavy atom. The van der Waals surface area contributed by atoms with Gasteiger partial charge in [-0.3, -0.25) is 9.69 Å². The van der Waals surface area contributed by atoms with Gasteiger partial charge in [-0.05, 0) is 25.0 Å². The Hall–Kier alpha value is -2.90. The van der Waals surface area contributed by atoms with Crippen molar-refractivity contribution in [3.05, 3.63) is 59.8 Å². The number of pyridine rings is 1. The Morgan fingerprint density at radius 1 is 1.15 bits per heavy atom. The fourth-order valence-corrected chi connectivity index (χ4v) is 2.92. The Labute approximate surface area is 154 Å². The highest BCUT2D eigenvalue weighted by Crippen LogP contribution is 2.41. The quantitative estimate of drug-likeness (QED) is 0.865. The molecule has 1 aromatic carbocycles. The van der Waals surface area contributed by atoms with E-state index >= 15 is 0 Å². The van der Waals surface area contributed by atoms with E-state index in [2.05, 4.69) is 15.3 Å². The molecule has 0 saturated heterocycles. The Bertz CT molecular complexity index is 867. The van der Waals surface area contributed by atoms with Gasteiger partial charge in [0.2, 0.25) is 0 Å². The van der Waals surface area contributed by atoms with Crippen LogP contribution >= 0.6 is 0 Å². The summed E-state index contributed by atoms with van der Waals surface area (Å²) in [6.07, 6.45) is -3.09. The molecule has 0 bridgehead atoms. The van der Waals surface area contributed by atoms with Crippen molar-refractivity contribution in [3.8, 4) is 0 Å². The summed E-state index contributed by atoms with van der Waals surface area (Å²) in [4.78, 5) is 21.9. The van der Waals surface area contributed by atoms with E-state index in [0.717, 1.165) is 4.90 Å². The third-order valence-electron chi connectivity index (χ3n) is 4.28. The normalized spacial score (nSPS) is 20.0. The molecular weight excluding hydrogens is 357 g/mol. The first-order valence-corrected chi connectivity index (χ1v) is 8.54. The highest BCUT2D eigenvalue weighted by molar-refractivity contribution is 6.16. The fourth-order valence-electron chi connectivity index (χ4n) is 2.92. The first-order valence-electron chi connectivity index (χ1n) is 8.54. The number of hydrogen-bond donors (Lipinski definition) is 1. The maximum Gasteiger partial charge on any atom is 0.442 e. The second-order valence-corrected chi connectivity index (χ2v) is 6.26. The van der Waals surface area contributed by atoms with Crippen LogP contribution in [0.25, 0.3) is 0 Å². The molecule has 5 nitrogen and oxygen atoms in total. The molecule has 3 rings (SSSR count). The van der Waals surface area contributed by atoms with E-state index in [1.54, 1.807) is 56.3 Å². The molecule has 0 aliphatic carbocycles. The van der Waals surface area contributed by atoms with Crippen LogP contribution in [0, 0.1) is 6.92 Å². The molecule has 1 aliphatic rings. The molecule has 27 heavy (non-hydrogen) atoms. The summed E-state index contributed by atoms with van der Waals surface area (Å²) in [6.45, 7) is 3.54. The molecule has 1 aliphatic heterocycles. The van der Waals surface area contributed by atoms with Gasteiger partial charge in [-0.2, -0.15) is 13.2 Å². The van der Waals surface area contributed by atoms with Crippen LogP contribution in [0.1, 0.15) is 24.5 Å². The van der Waals surface area contributed by atoms with Crippen LogP contribution in [0.2, 0.25) is 0 Å². The number of carbonyl (C=O) groups is 1. The first kappa shape index (κ1) is 18.9. The molecule has 1 N–H and O–H groups in total. The Balaban J connectivity index is 2.16. The van der Waals surface area contributed by atoms with Gasteiger partial charge in [0.15, 0.2) is 0 Å². The summed E-state index contributed by atoms with van der Waals surface area (Å²) in [5.74, 6) is -1.18. The van der Waals surface area contributed by atoms with E-state index < -0.39 is 17.7 Å². The topological polar surface area (TPSA) is 57.6 Å². The maximum atomic E-state index is 14.1. The van der Waals surface area contributed by atoms with Crippen molar-refractivity contribution >= 4 is 17.6 Å². The van der Waals surface area contributed by atoms with Crippen LogP contribution in [-0.2, 0) is 4.79 Å². The third kappa shape index (κ3) is 3.27. The molecule has 8 heteroatoms. The standard InChI is InChI=1S/C19H19F3N4O/c1-3-12-26-16(14-9-5-4-6-10-14)25-18(17(26)27,19(20,21)22)24-15-13(2)8-7-11-23-15/h4-11H,3,12H2,1-2H3,(H,23,24)/t18-/m0/s1. The zero-order valence-corrected chi connectivity index (χ0v) is 14.9. The lowest BCUT2D eigenvalue weighted by Gasteiger charge is -2.30. The first-order chi connectivity index (χ1) is 12.8. The van der Waals surface area contributed by atoms with E-state index in [1.165, 1.54) is 6.20 Å². The molecule has 1 amide bonds. The second kappa shape index (κ2) is 7.02. The monoisotopic (exact) mass is 376 g/mol. The number of alkyl halides is 3. The van der Waals surface area contributed by atoms with Crippen molar-refractivity contribution < 1.29 is 18.0 Å². The Morgan fingerprint density at radius 3 is 2.44 bits per heavy atom. The van der Waals surface area contributed by atoms with Crippen molar-refractivity contribution in [2.75, 3.05) is 11.9 Å². The molecule has 142 valence electrons. The molecular formula is C19H19F3N4O. The lowest BCUT2D eigenvalue weighted by molar-refractivity contribution is -0.185. The molecule has 1 aromatic heterocycles. The van der Waals surface area contributed by atoms with Gasteiger partial charge in [-0.25, -0.2) is 9.98 Å². The number of carbonyl (C=O) groups excluding carboxylic acids is 1. The third-order valence-corrected chi connectivity index (χ3v) is 4.28. The number of hydrogen-bond acceptors (Lipinski definition) is 4. The van der Waals surface area contributed by atoms with Crippen LogP contribution in [0.4, 0.5) is 19.0 Å². The number of amidine groups is 1. The van der Waals surface area contributed by atoms with Crippen LogP contribution in [0.15, 0.2) is 53.7 Å². The molecule has 0 spiro atoms. The molecule has 1 atom stereocenters. The molecule has 0 fully saturated rings. The van der Waals surface area contributed by atoms with E-state index in [9.17, 15) is 18.0 Å². The zero-order chi connectivity index (χ0) is 19.7. The minimum absolute atomic E-state index is 0.000796. The number of rotatable bonds is 5. The largest absolute Gasteiger partial charge is 0.442 e. The number of aryl methyl sites for hydroxylation is 1. The number of halogens is 3. The van der Waals surface area contributed by atoms with E-state index in [1.807, 2.05) is 0 Å². The molecule has 2 heterocycles. The minimum atomic E-state index is -4.95. The van der Waals surface area contributed by atoms with Gasteiger partial charge in [-0.1, -0.05) is 43.3 Å². The van der Waals surface area contributed by atoms with Gasteiger partial charge in [0.25, 0.3) is 5.91 Å². The SMILES string of the molecule is CCCN1C(=O)[C@@](Nc2ncccc2C)(C(F)(F)F)N=C1c1ccccc1. The van der Waals surface area contributed by atoms with Crippen molar-refractivity contribution in [1.29, 1.82) is 0 Å². The van der Waals surface area contributed by atoms with Crippen LogP contribution < -0.4 is 5.32 Å². The van der Waals surface area contributed by atoms with Gasteiger partial charge in [-0.15, -0.1) is 0 Å². The minimum Gasteiger partial charge on any atom is -0.330 e.